The van der Waals surface area contributed by atoms with Crippen LogP contribution in [0.4, 0.5) is 13.2 Å². The quantitative estimate of drug-likeness (QED) is 0.809. The number of nitrogens with one attached hydrogen (secondary N) is 1. The van der Waals surface area contributed by atoms with Gasteiger partial charge in [0.25, 0.3) is 5.56 Å². The van der Waals surface area contributed by atoms with Crippen molar-refractivity contribution in [2.45, 2.75) is 12.6 Å². The Kier molecular flexibility index (Phi) is 5.17. The summed E-state index contributed by atoms with van der Waals surface area (Å²) in [6, 6.07) is 4.58. The van der Waals surface area contributed by atoms with Gasteiger partial charge < -0.3 is 15.0 Å². The van der Waals surface area contributed by atoms with E-state index in [0.29, 0.717) is 12.1 Å². The van der Waals surface area contributed by atoms with Gasteiger partial charge in [-0.05, 0) is 23.8 Å². The minimum absolute atomic E-state index is 0.127. The van der Waals surface area contributed by atoms with E-state index in [9.17, 15) is 27.9 Å². The normalized spacial score (nSPS) is 12.0. The highest BCUT2D eigenvalue weighted by molar-refractivity contribution is 5.76. The van der Waals surface area contributed by atoms with Gasteiger partial charge in [-0.1, -0.05) is 6.07 Å². The van der Waals surface area contributed by atoms with E-state index in [1.54, 1.807) is 6.07 Å². The maximum Gasteiger partial charge on any atom is 0.250 e. The lowest BCUT2D eigenvalue weighted by Gasteiger charge is -2.17. The van der Waals surface area contributed by atoms with Crippen molar-refractivity contribution >= 4 is 5.91 Å². The van der Waals surface area contributed by atoms with Gasteiger partial charge in [-0.15, -0.1) is 0 Å². The Hall–Kier alpha value is -2.61. The first-order chi connectivity index (χ1) is 10.9. The van der Waals surface area contributed by atoms with E-state index in [4.69, 9.17) is 0 Å². The molecule has 1 unspecified atom stereocenters. The number of benzene rings is 1. The van der Waals surface area contributed by atoms with Crippen molar-refractivity contribution in [3.8, 4) is 0 Å². The van der Waals surface area contributed by atoms with Crippen molar-refractivity contribution in [2.24, 2.45) is 0 Å². The molecule has 23 heavy (non-hydrogen) atoms. The molecule has 0 aliphatic rings. The lowest BCUT2D eigenvalue weighted by molar-refractivity contribution is -0.122. The van der Waals surface area contributed by atoms with Gasteiger partial charge in [0.2, 0.25) is 5.91 Å². The average molecular weight is 326 g/mol. The molecule has 2 aromatic rings. The van der Waals surface area contributed by atoms with Gasteiger partial charge in [0.05, 0.1) is 12.6 Å². The molecule has 0 aliphatic heterocycles. The number of aromatic nitrogens is 1. The second kappa shape index (κ2) is 7.10. The minimum Gasteiger partial charge on any atom is -0.394 e. The summed E-state index contributed by atoms with van der Waals surface area (Å²) in [5.41, 5.74) is -0.528. The van der Waals surface area contributed by atoms with Gasteiger partial charge >= 0.3 is 0 Å². The van der Waals surface area contributed by atoms with Crippen molar-refractivity contribution < 1.29 is 23.1 Å². The van der Waals surface area contributed by atoms with E-state index in [1.807, 2.05) is 0 Å². The third kappa shape index (κ3) is 3.98. The summed E-state index contributed by atoms with van der Waals surface area (Å²) in [5, 5.41) is 11.6. The van der Waals surface area contributed by atoms with Crippen LogP contribution < -0.4 is 10.9 Å². The number of hydrogen-bond acceptors (Lipinski definition) is 3. The highest BCUT2D eigenvalue weighted by Gasteiger charge is 2.19. The number of aliphatic hydroxyl groups is 1. The summed E-state index contributed by atoms with van der Waals surface area (Å²) in [6.45, 7) is -0.984. The van der Waals surface area contributed by atoms with E-state index in [-0.39, 0.29) is 12.1 Å². The van der Waals surface area contributed by atoms with Crippen LogP contribution >= 0.6 is 0 Å². The number of nitrogens with zero attached hydrogens (tertiary/aromatic N) is 1. The molecule has 1 aromatic carbocycles. The molecule has 1 aromatic heterocycles. The number of carbonyl (C=O) groups excluding carboxylic acids is 1. The summed E-state index contributed by atoms with van der Waals surface area (Å²) in [6.07, 6.45) is 1.40. The Morgan fingerprint density at radius 3 is 2.43 bits per heavy atom. The molecule has 1 amide bonds. The predicted octanol–water partition coefficient (Wildman–Crippen LogP) is 1.12. The van der Waals surface area contributed by atoms with Crippen LogP contribution in [-0.2, 0) is 11.3 Å². The number of aliphatic hydroxyl groups excluding tert-OH is 1. The molecule has 5 nitrogen and oxygen atoms in total. The molecular weight excluding hydrogens is 313 g/mol. The van der Waals surface area contributed by atoms with Crippen LogP contribution in [0.5, 0.6) is 0 Å². The Morgan fingerprint density at radius 1 is 1.22 bits per heavy atom. The van der Waals surface area contributed by atoms with Crippen molar-refractivity contribution in [3.63, 3.8) is 0 Å². The summed E-state index contributed by atoms with van der Waals surface area (Å²) >= 11 is 0. The van der Waals surface area contributed by atoms with E-state index >= 15 is 0 Å². The Labute approximate surface area is 129 Å². The molecule has 8 heteroatoms. The van der Waals surface area contributed by atoms with Crippen LogP contribution in [0, 0.1) is 17.5 Å². The van der Waals surface area contributed by atoms with Crippen LogP contribution in [0.1, 0.15) is 11.6 Å². The van der Waals surface area contributed by atoms with E-state index in [1.165, 1.54) is 18.3 Å². The molecule has 0 fully saturated rings. The molecule has 2 N–H and O–H groups in total. The third-order valence-corrected chi connectivity index (χ3v) is 3.14. The molecule has 0 spiro atoms. The zero-order valence-electron chi connectivity index (χ0n) is 11.8. The van der Waals surface area contributed by atoms with Crippen LogP contribution in [0.25, 0.3) is 0 Å². The van der Waals surface area contributed by atoms with Crippen LogP contribution in [-0.4, -0.2) is 22.2 Å². The van der Waals surface area contributed by atoms with Gasteiger partial charge in [0, 0.05) is 12.3 Å². The molecule has 122 valence electrons. The molecule has 0 saturated carbocycles. The van der Waals surface area contributed by atoms with E-state index in [2.05, 4.69) is 5.32 Å². The summed E-state index contributed by atoms with van der Waals surface area (Å²) in [5.74, 6) is -5.13. The van der Waals surface area contributed by atoms with Crippen molar-refractivity contribution in [3.05, 3.63) is 69.9 Å². The zero-order valence-corrected chi connectivity index (χ0v) is 11.8. The fraction of sp³-hybridized carbons (Fsp3) is 0.200. The topological polar surface area (TPSA) is 71.3 Å². The van der Waals surface area contributed by atoms with Gasteiger partial charge in [0.15, 0.2) is 17.5 Å². The van der Waals surface area contributed by atoms with E-state index < -0.39 is 41.6 Å². The smallest absolute Gasteiger partial charge is 0.250 e. The first kappa shape index (κ1) is 16.8. The molecule has 0 saturated heterocycles. The molecule has 0 bridgehead atoms. The average Bonchev–Trinajstić information content (AvgIpc) is 2.52. The maximum absolute atomic E-state index is 13.2. The number of hydrogen-bond donors (Lipinski definition) is 2. The highest BCUT2D eigenvalue weighted by atomic mass is 19.2. The van der Waals surface area contributed by atoms with Gasteiger partial charge in [-0.3, -0.25) is 9.59 Å². The number of halogens is 3. The first-order valence-electron chi connectivity index (χ1n) is 6.62. The summed E-state index contributed by atoms with van der Waals surface area (Å²) in [7, 11) is 0. The molecule has 2 rings (SSSR count). The predicted molar refractivity (Wildman–Crippen MR) is 75.0 cm³/mol. The molecule has 1 heterocycles. The molecule has 1 atom stereocenters. The lowest BCUT2D eigenvalue weighted by Crippen LogP contribution is -2.35. The second-order valence-electron chi connectivity index (χ2n) is 4.77. The van der Waals surface area contributed by atoms with E-state index in [0.717, 1.165) is 4.57 Å². The van der Waals surface area contributed by atoms with Gasteiger partial charge in [0.1, 0.15) is 6.54 Å². The standard InChI is InChI=1S/C15H13F3N2O3/c16-10-5-9(6-11(17)15(10)18)12(8-21)19-13(22)7-20-4-2-1-3-14(20)23/h1-6,12,21H,7-8H2,(H,19,22). The van der Waals surface area contributed by atoms with Gasteiger partial charge in [-0.25, -0.2) is 13.2 Å². The fourth-order valence-corrected chi connectivity index (χ4v) is 2.00. The number of amides is 1. The summed E-state index contributed by atoms with van der Waals surface area (Å²) < 4.78 is 40.5. The maximum atomic E-state index is 13.2. The van der Waals surface area contributed by atoms with Crippen LogP contribution in [0.15, 0.2) is 41.3 Å². The largest absolute Gasteiger partial charge is 0.394 e. The number of rotatable bonds is 5. The Balaban J connectivity index is 2.15. The zero-order chi connectivity index (χ0) is 17.0. The van der Waals surface area contributed by atoms with Crippen LogP contribution in [0.3, 0.4) is 0 Å². The molecule has 0 aliphatic carbocycles. The molecule has 0 radical (unpaired) electrons. The molecular formula is C15H13F3N2O3. The second-order valence-corrected chi connectivity index (χ2v) is 4.77. The number of carbonyl (C=O) groups is 1. The Bertz CT molecular complexity index is 754. The van der Waals surface area contributed by atoms with Crippen LogP contribution in [0.2, 0.25) is 0 Å². The fourth-order valence-electron chi connectivity index (χ4n) is 2.00. The lowest BCUT2D eigenvalue weighted by atomic mass is 10.1. The summed E-state index contributed by atoms with van der Waals surface area (Å²) in [4.78, 5) is 23.4. The monoisotopic (exact) mass is 326 g/mol. The Morgan fingerprint density at radius 2 is 1.87 bits per heavy atom. The third-order valence-electron chi connectivity index (χ3n) is 3.14. The highest BCUT2D eigenvalue weighted by Crippen LogP contribution is 2.19. The number of pyridine rings is 1. The SMILES string of the molecule is O=C(Cn1ccccc1=O)NC(CO)c1cc(F)c(F)c(F)c1. The van der Waals surface area contributed by atoms with Crippen molar-refractivity contribution in [1.29, 1.82) is 0 Å². The first-order valence-corrected chi connectivity index (χ1v) is 6.62. The van der Waals surface area contributed by atoms with Crippen molar-refractivity contribution in [1.82, 2.24) is 9.88 Å². The van der Waals surface area contributed by atoms with Gasteiger partial charge in [-0.2, -0.15) is 0 Å². The minimum atomic E-state index is -1.63. The van der Waals surface area contributed by atoms with Crippen molar-refractivity contribution in [2.75, 3.05) is 6.61 Å².